The fraction of sp³-hybridized carbons (Fsp3) is 0.143. The Morgan fingerprint density at radius 3 is 2.52 bits per heavy atom. The topological polar surface area (TPSA) is 109 Å². The molecule has 0 aliphatic carbocycles. The van der Waals surface area contributed by atoms with Gasteiger partial charge in [-0.2, -0.15) is 23.3 Å². The molecule has 0 saturated carbocycles. The molecule has 4 rings (SSSR count). The summed E-state index contributed by atoms with van der Waals surface area (Å²) in [6.07, 6.45) is -3.00. The van der Waals surface area contributed by atoms with Gasteiger partial charge in [-0.05, 0) is 42.5 Å². The van der Waals surface area contributed by atoms with E-state index < -0.39 is 23.5 Å². The third-order valence-electron chi connectivity index (χ3n) is 4.77. The van der Waals surface area contributed by atoms with E-state index in [1.54, 1.807) is 7.05 Å². The zero-order chi connectivity index (χ0) is 23.8. The highest BCUT2D eigenvalue weighted by molar-refractivity contribution is 5.93. The van der Waals surface area contributed by atoms with Crippen molar-refractivity contribution >= 4 is 5.91 Å². The Hall–Kier alpha value is -4.22. The molecular weight excluding hydrogens is 446 g/mol. The van der Waals surface area contributed by atoms with E-state index in [1.165, 1.54) is 35.1 Å². The Morgan fingerprint density at radius 1 is 1.15 bits per heavy atom. The average molecular weight is 461 g/mol. The predicted octanol–water partition coefficient (Wildman–Crippen LogP) is 3.97. The minimum Gasteiger partial charge on any atom is -0.487 e. The molecule has 1 amide bonds. The second-order valence-electron chi connectivity index (χ2n) is 6.92. The average Bonchev–Trinajstić information content (AvgIpc) is 3.38. The molecule has 12 heteroatoms. The first kappa shape index (κ1) is 22.0. The van der Waals surface area contributed by atoms with Gasteiger partial charge in [0, 0.05) is 12.6 Å². The van der Waals surface area contributed by atoms with Crippen molar-refractivity contribution in [3.8, 4) is 28.6 Å². The number of carbonyl (C=O) groups is 1. The Labute approximate surface area is 183 Å². The lowest BCUT2D eigenvalue weighted by molar-refractivity contribution is -0.137. The number of amides is 1. The summed E-state index contributed by atoms with van der Waals surface area (Å²) >= 11 is 0. The Morgan fingerprint density at radius 2 is 1.88 bits per heavy atom. The van der Waals surface area contributed by atoms with Crippen molar-refractivity contribution in [1.29, 1.82) is 0 Å². The molecule has 0 unspecified atom stereocenters. The van der Waals surface area contributed by atoms with Crippen LogP contribution in [0.1, 0.15) is 21.6 Å². The van der Waals surface area contributed by atoms with Crippen LogP contribution in [0.3, 0.4) is 0 Å². The van der Waals surface area contributed by atoms with E-state index in [0.717, 1.165) is 18.2 Å². The molecule has 0 aliphatic heterocycles. The van der Waals surface area contributed by atoms with Crippen LogP contribution in [0.5, 0.6) is 5.75 Å². The van der Waals surface area contributed by atoms with Gasteiger partial charge in [-0.25, -0.2) is 4.39 Å². The molecule has 33 heavy (non-hydrogen) atoms. The van der Waals surface area contributed by atoms with Gasteiger partial charge in [0.05, 0.1) is 28.6 Å². The van der Waals surface area contributed by atoms with Crippen molar-refractivity contribution in [2.45, 2.75) is 12.8 Å². The van der Waals surface area contributed by atoms with E-state index in [-0.39, 0.29) is 35.2 Å². The lowest BCUT2D eigenvalue weighted by Crippen LogP contribution is -2.11. The largest absolute Gasteiger partial charge is 0.487 e. The number of rotatable bonds is 6. The van der Waals surface area contributed by atoms with Crippen LogP contribution in [-0.4, -0.2) is 25.8 Å². The van der Waals surface area contributed by atoms with Crippen LogP contribution in [-0.2, 0) is 19.8 Å². The number of aromatic nitrogens is 4. The predicted molar refractivity (Wildman–Crippen MR) is 106 cm³/mol. The SMILES string of the molecule is Cn1ncc(-c2nc(-c3ccc(C(N)=O)cc3F)no2)c1COc1ccc(C(F)(F)F)cc1. The second kappa shape index (κ2) is 8.37. The molecule has 8 nitrogen and oxygen atoms in total. The van der Waals surface area contributed by atoms with Crippen molar-refractivity contribution in [1.82, 2.24) is 19.9 Å². The van der Waals surface area contributed by atoms with Crippen LogP contribution in [0.15, 0.2) is 53.2 Å². The van der Waals surface area contributed by atoms with Gasteiger partial charge in [-0.1, -0.05) is 5.16 Å². The normalized spacial score (nSPS) is 11.5. The first-order chi connectivity index (χ1) is 15.6. The number of nitrogens with two attached hydrogens (primary N) is 1. The van der Waals surface area contributed by atoms with Crippen molar-refractivity contribution in [3.63, 3.8) is 0 Å². The molecule has 0 fully saturated rings. The van der Waals surface area contributed by atoms with Gasteiger partial charge < -0.3 is 15.0 Å². The number of aryl methyl sites for hydroxylation is 1. The van der Waals surface area contributed by atoms with Crippen molar-refractivity contribution in [2.24, 2.45) is 12.8 Å². The summed E-state index contributed by atoms with van der Waals surface area (Å²) in [5, 5.41) is 7.89. The Kier molecular flexibility index (Phi) is 5.58. The highest BCUT2D eigenvalue weighted by Crippen LogP contribution is 2.31. The Balaban J connectivity index is 1.55. The number of ether oxygens (including phenoxy) is 1. The summed E-state index contributed by atoms with van der Waals surface area (Å²) in [6, 6.07) is 7.88. The Bertz CT molecular complexity index is 1310. The number of hydrogen-bond acceptors (Lipinski definition) is 6. The number of alkyl halides is 3. The maximum atomic E-state index is 14.4. The van der Waals surface area contributed by atoms with E-state index in [9.17, 15) is 22.4 Å². The van der Waals surface area contributed by atoms with Gasteiger partial charge in [-0.15, -0.1) is 0 Å². The van der Waals surface area contributed by atoms with Crippen molar-refractivity contribution in [3.05, 3.63) is 71.3 Å². The van der Waals surface area contributed by atoms with Gasteiger partial charge in [0.25, 0.3) is 5.89 Å². The number of nitrogens with zero attached hydrogens (tertiary/aromatic N) is 4. The first-order valence-corrected chi connectivity index (χ1v) is 9.38. The number of hydrogen-bond donors (Lipinski definition) is 1. The van der Waals surface area contributed by atoms with Gasteiger partial charge in [0.2, 0.25) is 11.7 Å². The molecule has 0 atom stereocenters. The molecule has 0 aliphatic rings. The summed E-state index contributed by atoms with van der Waals surface area (Å²) in [6.45, 7) is -0.0589. The lowest BCUT2D eigenvalue weighted by Gasteiger charge is -2.10. The molecule has 2 heterocycles. The van der Waals surface area contributed by atoms with Gasteiger partial charge in [-0.3, -0.25) is 9.48 Å². The minimum absolute atomic E-state index is 0.00134. The van der Waals surface area contributed by atoms with Crippen LogP contribution in [0.4, 0.5) is 17.6 Å². The van der Waals surface area contributed by atoms with E-state index in [4.69, 9.17) is 15.0 Å². The van der Waals surface area contributed by atoms with E-state index in [1.807, 2.05) is 0 Å². The van der Waals surface area contributed by atoms with Crippen LogP contribution < -0.4 is 10.5 Å². The van der Waals surface area contributed by atoms with Gasteiger partial charge in [0.1, 0.15) is 18.2 Å². The molecule has 2 aromatic carbocycles. The monoisotopic (exact) mass is 461 g/mol. The minimum atomic E-state index is -4.44. The molecule has 0 saturated heterocycles. The maximum absolute atomic E-state index is 14.4. The highest BCUT2D eigenvalue weighted by atomic mass is 19.4. The fourth-order valence-corrected chi connectivity index (χ4v) is 3.00. The standard InChI is InChI=1S/C21H15F4N5O3/c1-30-17(10-32-13-5-3-12(4-6-13)21(23,24)25)15(9-27-30)20-28-19(29-33-20)14-7-2-11(18(26)31)8-16(14)22/h2-9H,10H2,1H3,(H2,26,31). The zero-order valence-electron chi connectivity index (χ0n) is 16.9. The van der Waals surface area contributed by atoms with Gasteiger partial charge >= 0.3 is 6.18 Å². The van der Waals surface area contributed by atoms with Crippen molar-refractivity contribution < 1.29 is 31.6 Å². The second-order valence-corrected chi connectivity index (χ2v) is 6.92. The van der Waals surface area contributed by atoms with Crippen LogP contribution in [0, 0.1) is 5.82 Å². The lowest BCUT2D eigenvalue weighted by atomic mass is 10.1. The van der Waals surface area contributed by atoms with Crippen LogP contribution >= 0.6 is 0 Å². The molecule has 4 aromatic rings. The summed E-state index contributed by atoms with van der Waals surface area (Å²) in [5.41, 5.74) is 5.25. The number of benzene rings is 2. The third-order valence-corrected chi connectivity index (χ3v) is 4.77. The molecule has 0 bridgehead atoms. The van der Waals surface area contributed by atoms with Crippen LogP contribution in [0.2, 0.25) is 0 Å². The quantitative estimate of drug-likeness (QED) is 0.435. The van der Waals surface area contributed by atoms with Crippen molar-refractivity contribution in [2.75, 3.05) is 0 Å². The molecule has 2 aromatic heterocycles. The zero-order valence-corrected chi connectivity index (χ0v) is 16.9. The number of halogens is 4. The fourth-order valence-electron chi connectivity index (χ4n) is 3.00. The summed E-state index contributed by atoms with van der Waals surface area (Å²) in [7, 11) is 1.63. The summed E-state index contributed by atoms with van der Waals surface area (Å²) < 4.78 is 64.8. The van der Waals surface area contributed by atoms with E-state index in [0.29, 0.717) is 11.3 Å². The molecule has 2 N–H and O–H groups in total. The molecule has 170 valence electrons. The first-order valence-electron chi connectivity index (χ1n) is 9.38. The number of carbonyl (C=O) groups excluding carboxylic acids is 1. The molecule has 0 radical (unpaired) electrons. The summed E-state index contributed by atoms with van der Waals surface area (Å²) in [5.74, 6) is -1.34. The van der Waals surface area contributed by atoms with E-state index in [2.05, 4.69) is 15.2 Å². The summed E-state index contributed by atoms with van der Waals surface area (Å²) in [4.78, 5) is 15.4. The van der Waals surface area contributed by atoms with Gasteiger partial charge in [0.15, 0.2) is 0 Å². The van der Waals surface area contributed by atoms with Crippen LogP contribution in [0.25, 0.3) is 22.8 Å². The highest BCUT2D eigenvalue weighted by Gasteiger charge is 2.30. The molecule has 0 spiro atoms. The third kappa shape index (κ3) is 4.54. The smallest absolute Gasteiger partial charge is 0.416 e. The molecular formula is C21H15F4N5O3. The van der Waals surface area contributed by atoms with E-state index >= 15 is 0 Å². The number of primary amides is 1. The maximum Gasteiger partial charge on any atom is 0.416 e.